The topological polar surface area (TPSA) is 62.6 Å². The van der Waals surface area contributed by atoms with Crippen LogP contribution >= 0.6 is 22.6 Å². The number of hydrogen-bond donors (Lipinski definition) is 0. The standard InChI is InChI=1S/C30H29IN2O4/c1-21-19-33(29(35-2)32-28(21)34)27-18-25(31)26(37-27)20-36-30(22-12-6-3-7-13-22,23-14-8-4-9-15-23)24-16-10-5-11-17-24/h3-17,19,25-27H,18,20H2,1-2H3/t25-,26-,27-/m1/s1. The Balaban J connectivity index is 1.50. The van der Waals surface area contributed by atoms with Crippen LogP contribution in [0.15, 0.2) is 102 Å². The molecule has 0 aliphatic carbocycles. The minimum atomic E-state index is -0.811. The summed E-state index contributed by atoms with van der Waals surface area (Å²) in [6.07, 6.45) is 2.01. The Kier molecular flexibility index (Phi) is 7.73. The highest BCUT2D eigenvalue weighted by Gasteiger charge is 2.41. The summed E-state index contributed by atoms with van der Waals surface area (Å²) in [5.41, 5.74) is 2.59. The summed E-state index contributed by atoms with van der Waals surface area (Å²) in [5.74, 6) is 0. The fourth-order valence-corrected chi connectivity index (χ4v) is 5.71. The highest BCUT2D eigenvalue weighted by molar-refractivity contribution is 14.1. The second kappa shape index (κ2) is 11.2. The Morgan fingerprint density at radius 3 is 1.95 bits per heavy atom. The van der Waals surface area contributed by atoms with E-state index in [-0.39, 0.29) is 27.8 Å². The van der Waals surface area contributed by atoms with E-state index in [9.17, 15) is 4.79 Å². The lowest BCUT2D eigenvalue weighted by Gasteiger charge is -2.37. The molecule has 1 aliphatic rings. The Labute approximate surface area is 230 Å². The summed E-state index contributed by atoms with van der Waals surface area (Å²) in [6.45, 7) is 2.12. The fourth-order valence-electron chi connectivity index (χ4n) is 4.89. The first kappa shape index (κ1) is 25.6. The van der Waals surface area contributed by atoms with E-state index in [1.807, 2.05) is 54.6 Å². The predicted molar refractivity (Wildman–Crippen MR) is 151 cm³/mol. The molecule has 1 saturated heterocycles. The van der Waals surface area contributed by atoms with Crippen molar-refractivity contribution in [1.82, 2.24) is 9.55 Å². The molecule has 0 saturated carbocycles. The molecule has 7 heteroatoms. The third-order valence-corrected chi connectivity index (χ3v) is 8.06. The van der Waals surface area contributed by atoms with E-state index in [2.05, 4.69) is 64.0 Å². The van der Waals surface area contributed by atoms with Crippen LogP contribution in [0, 0.1) is 6.92 Å². The van der Waals surface area contributed by atoms with E-state index < -0.39 is 5.60 Å². The normalized spacial score (nSPS) is 19.6. The lowest BCUT2D eigenvalue weighted by atomic mass is 9.80. The van der Waals surface area contributed by atoms with Gasteiger partial charge in [0.25, 0.3) is 5.56 Å². The molecule has 0 spiro atoms. The second-order valence-electron chi connectivity index (χ2n) is 9.09. The summed E-state index contributed by atoms with van der Waals surface area (Å²) in [6, 6.07) is 31.2. The van der Waals surface area contributed by atoms with Crippen molar-refractivity contribution >= 4 is 22.6 Å². The molecule has 0 amide bonds. The van der Waals surface area contributed by atoms with Crippen molar-refractivity contribution in [2.24, 2.45) is 0 Å². The molecular weight excluding hydrogens is 579 g/mol. The first-order valence-electron chi connectivity index (χ1n) is 12.3. The zero-order valence-electron chi connectivity index (χ0n) is 20.8. The maximum absolute atomic E-state index is 12.0. The van der Waals surface area contributed by atoms with Crippen molar-refractivity contribution in [2.75, 3.05) is 13.7 Å². The fraction of sp³-hybridized carbons (Fsp3) is 0.267. The molecule has 0 unspecified atom stereocenters. The van der Waals surface area contributed by atoms with Gasteiger partial charge in [-0.1, -0.05) is 114 Å². The number of hydrogen-bond acceptors (Lipinski definition) is 5. The molecule has 37 heavy (non-hydrogen) atoms. The Hall–Kier alpha value is -3.01. The van der Waals surface area contributed by atoms with Gasteiger partial charge in [-0.05, 0) is 23.6 Å². The van der Waals surface area contributed by atoms with Crippen LogP contribution < -0.4 is 10.3 Å². The molecule has 1 aromatic heterocycles. The predicted octanol–water partition coefficient (Wildman–Crippen LogP) is 5.66. The summed E-state index contributed by atoms with van der Waals surface area (Å²) < 4.78 is 20.9. The van der Waals surface area contributed by atoms with E-state index in [4.69, 9.17) is 14.2 Å². The molecule has 3 aromatic carbocycles. The molecule has 190 valence electrons. The smallest absolute Gasteiger partial charge is 0.301 e. The van der Waals surface area contributed by atoms with Crippen LogP contribution in [0.25, 0.3) is 0 Å². The number of rotatable bonds is 8. The summed E-state index contributed by atoms with van der Waals surface area (Å²) >= 11 is 2.43. The van der Waals surface area contributed by atoms with E-state index >= 15 is 0 Å². The minimum absolute atomic E-state index is 0.175. The van der Waals surface area contributed by atoms with Gasteiger partial charge in [-0.3, -0.25) is 9.36 Å². The molecule has 5 rings (SSSR count). The Morgan fingerprint density at radius 2 is 1.46 bits per heavy atom. The largest absolute Gasteiger partial charge is 0.468 e. The van der Waals surface area contributed by atoms with Crippen LogP contribution in [0.3, 0.4) is 0 Å². The summed E-state index contributed by atoms with van der Waals surface area (Å²) in [7, 11) is 1.51. The summed E-state index contributed by atoms with van der Waals surface area (Å²) in [4.78, 5) is 16.1. The Morgan fingerprint density at radius 1 is 0.946 bits per heavy atom. The van der Waals surface area contributed by atoms with E-state index in [1.54, 1.807) is 17.7 Å². The highest BCUT2D eigenvalue weighted by atomic mass is 127. The molecule has 4 aromatic rings. The maximum Gasteiger partial charge on any atom is 0.301 e. The average Bonchev–Trinajstić information content (AvgIpc) is 3.32. The SMILES string of the molecule is COc1nc(=O)c(C)cn1[C@H]1C[C@@H](I)[C@@H](COC(c2ccccc2)(c2ccccc2)c2ccccc2)O1. The maximum atomic E-state index is 12.0. The van der Waals surface area contributed by atoms with Gasteiger partial charge >= 0.3 is 6.01 Å². The second-order valence-corrected chi connectivity index (χ2v) is 10.7. The number of aryl methyl sites for hydroxylation is 1. The molecule has 0 radical (unpaired) electrons. The van der Waals surface area contributed by atoms with Crippen LogP contribution in [0.2, 0.25) is 0 Å². The van der Waals surface area contributed by atoms with Crippen molar-refractivity contribution in [3.8, 4) is 6.01 Å². The van der Waals surface area contributed by atoms with Gasteiger partial charge < -0.3 is 14.2 Å². The van der Waals surface area contributed by atoms with Gasteiger partial charge in [-0.25, -0.2) is 0 Å². The number of methoxy groups -OCH3 is 1. The van der Waals surface area contributed by atoms with Gasteiger partial charge in [0.15, 0.2) is 0 Å². The van der Waals surface area contributed by atoms with Crippen molar-refractivity contribution < 1.29 is 14.2 Å². The Bertz CT molecular complexity index is 1280. The minimum Gasteiger partial charge on any atom is -0.468 e. The van der Waals surface area contributed by atoms with Crippen molar-refractivity contribution in [3.05, 3.63) is 130 Å². The number of alkyl halides is 1. The number of ether oxygens (including phenoxy) is 3. The molecule has 1 fully saturated rings. The number of aromatic nitrogens is 2. The van der Waals surface area contributed by atoms with Crippen molar-refractivity contribution in [3.63, 3.8) is 0 Å². The number of nitrogens with zero attached hydrogens (tertiary/aromatic N) is 2. The first-order chi connectivity index (χ1) is 18.0. The lowest BCUT2D eigenvalue weighted by molar-refractivity contribution is -0.0765. The summed E-state index contributed by atoms with van der Waals surface area (Å²) in [5, 5.41) is 0. The highest BCUT2D eigenvalue weighted by Crippen LogP contribution is 2.42. The average molecular weight is 608 g/mol. The first-order valence-corrected chi connectivity index (χ1v) is 13.5. The zero-order chi connectivity index (χ0) is 25.8. The quantitative estimate of drug-likeness (QED) is 0.147. The third-order valence-electron chi connectivity index (χ3n) is 6.75. The van der Waals surface area contributed by atoms with Gasteiger partial charge in [-0.15, -0.1) is 0 Å². The lowest BCUT2D eigenvalue weighted by Crippen LogP contribution is -2.37. The molecular formula is C30H29IN2O4. The van der Waals surface area contributed by atoms with E-state index in [0.717, 1.165) is 23.1 Å². The van der Waals surface area contributed by atoms with Gasteiger partial charge in [0, 0.05) is 22.1 Å². The van der Waals surface area contributed by atoms with Gasteiger partial charge in [-0.2, -0.15) is 4.98 Å². The van der Waals surface area contributed by atoms with Crippen LogP contribution in [0.4, 0.5) is 0 Å². The van der Waals surface area contributed by atoms with Crippen molar-refractivity contribution in [1.29, 1.82) is 0 Å². The van der Waals surface area contributed by atoms with Crippen LogP contribution in [0.5, 0.6) is 6.01 Å². The van der Waals surface area contributed by atoms with Crippen molar-refractivity contribution in [2.45, 2.75) is 35.2 Å². The molecule has 2 heterocycles. The molecule has 6 nitrogen and oxygen atoms in total. The molecule has 1 aliphatic heterocycles. The number of halogens is 1. The monoisotopic (exact) mass is 608 g/mol. The zero-order valence-corrected chi connectivity index (χ0v) is 22.9. The van der Waals surface area contributed by atoms with E-state index in [1.165, 1.54) is 7.11 Å². The molecule has 0 bridgehead atoms. The van der Waals surface area contributed by atoms with Crippen LogP contribution in [-0.2, 0) is 15.1 Å². The van der Waals surface area contributed by atoms with Gasteiger partial charge in [0.2, 0.25) is 0 Å². The van der Waals surface area contributed by atoms with Gasteiger partial charge in [0.1, 0.15) is 11.8 Å². The van der Waals surface area contributed by atoms with Crippen LogP contribution in [0.1, 0.15) is 34.9 Å². The van der Waals surface area contributed by atoms with Crippen LogP contribution in [-0.4, -0.2) is 33.3 Å². The molecule has 0 N–H and O–H groups in total. The molecule has 3 atom stereocenters. The van der Waals surface area contributed by atoms with Gasteiger partial charge in [0.05, 0.1) is 19.8 Å². The number of benzene rings is 3. The van der Waals surface area contributed by atoms with E-state index in [0.29, 0.717) is 12.2 Å². The third kappa shape index (κ3) is 5.08.